The van der Waals surface area contributed by atoms with Gasteiger partial charge in [-0.1, -0.05) is 35.0 Å². The smallest absolute Gasteiger partial charge is 0.303 e. The minimum atomic E-state index is -4.64. The second kappa shape index (κ2) is 8.65. The summed E-state index contributed by atoms with van der Waals surface area (Å²) < 4.78 is 66.5. The van der Waals surface area contributed by atoms with E-state index >= 15 is 0 Å². The maximum Gasteiger partial charge on any atom is 0.416 e. The first kappa shape index (κ1) is 22.1. The Kier molecular flexibility index (Phi) is 6.60. The van der Waals surface area contributed by atoms with Crippen LogP contribution in [0.1, 0.15) is 36.8 Å². The Morgan fingerprint density at radius 3 is 2.48 bits per heavy atom. The highest BCUT2D eigenvalue weighted by molar-refractivity contribution is 9.10. The number of nitrogens with zero attached hydrogens (tertiary/aromatic N) is 1. The lowest BCUT2D eigenvalue weighted by Crippen LogP contribution is -2.20. The predicted octanol–water partition coefficient (Wildman–Crippen LogP) is 5.47. The molecule has 0 spiro atoms. The maximum absolute atomic E-state index is 13.0. The van der Waals surface area contributed by atoms with E-state index in [1.54, 1.807) is 12.1 Å². The van der Waals surface area contributed by atoms with Crippen LogP contribution in [0.15, 0.2) is 51.8 Å². The van der Waals surface area contributed by atoms with E-state index in [4.69, 9.17) is 0 Å². The number of hydrogen-bond acceptors (Lipinski definition) is 3. The Morgan fingerprint density at radius 2 is 1.86 bits per heavy atom. The predicted molar refractivity (Wildman–Crippen MR) is 110 cm³/mol. The molecule has 158 valence electrons. The summed E-state index contributed by atoms with van der Waals surface area (Å²) in [5.41, 5.74) is 0.416. The summed E-state index contributed by atoms with van der Waals surface area (Å²) in [4.78, 5) is 1.96. The van der Waals surface area contributed by atoms with Crippen LogP contribution >= 0.6 is 15.9 Å². The Balaban J connectivity index is 1.75. The highest BCUT2D eigenvalue weighted by Crippen LogP contribution is 2.34. The first-order valence-corrected chi connectivity index (χ1v) is 11.6. The fourth-order valence-electron chi connectivity index (χ4n) is 3.54. The number of halogens is 4. The van der Waals surface area contributed by atoms with Crippen molar-refractivity contribution in [1.29, 1.82) is 0 Å². The van der Waals surface area contributed by atoms with E-state index in [1.807, 2.05) is 12.1 Å². The van der Waals surface area contributed by atoms with E-state index in [2.05, 4.69) is 32.5 Å². The molecule has 2 aromatic carbocycles. The molecule has 1 aliphatic rings. The van der Waals surface area contributed by atoms with Crippen LogP contribution in [0.4, 0.5) is 18.9 Å². The molecule has 4 nitrogen and oxygen atoms in total. The third-order valence-electron chi connectivity index (χ3n) is 4.96. The van der Waals surface area contributed by atoms with Crippen molar-refractivity contribution in [1.82, 2.24) is 4.90 Å². The average Bonchev–Trinajstić information content (AvgIpc) is 3.10. The van der Waals surface area contributed by atoms with Gasteiger partial charge in [-0.25, -0.2) is 8.42 Å². The first-order valence-electron chi connectivity index (χ1n) is 9.31. The molecule has 1 saturated heterocycles. The highest BCUT2D eigenvalue weighted by Gasteiger charge is 2.32. The molecule has 1 atom stereocenters. The molecular weight excluding hydrogens is 469 g/mol. The van der Waals surface area contributed by atoms with Gasteiger partial charge in [0.05, 0.1) is 10.5 Å². The average molecular weight is 491 g/mol. The first-order chi connectivity index (χ1) is 13.6. The summed E-state index contributed by atoms with van der Waals surface area (Å²) in [5.74, 6) is 0.409. The van der Waals surface area contributed by atoms with Gasteiger partial charge in [-0.05, 0) is 67.7 Å². The Hall–Kier alpha value is -1.58. The Morgan fingerprint density at radius 1 is 1.17 bits per heavy atom. The monoisotopic (exact) mass is 490 g/mol. The standard InChI is InChI=1S/C20H22BrF3N2O2S/c1-2-8-26-9-7-15(13-26)14-3-5-18(6-4-14)25-29(27,28)19-11-16(20(22,23)24)10-17(21)12-19/h3-6,10-12,15,25H,2,7-9,13H2,1H3/t15-/m1/s1. The zero-order chi connectivity index (χ0) is 21.2. The number of benzene rings is 2. The number of sulfonamides is 1. The molecular formula is C20H22BrF3N2O2S. The van der Waals surface area contributed by atoms with E-state index in [-0.39, 0.29) is 4.47 Å². The highest BCUT2D eigenvalue weighted by atomic mass is 79.9. The molecule has 3 rings (SSSR count). The van der Waals surface area contributed by atoms with E-state index in [9.17, 15) is 21.6 Å². The van der Waals surface area contributed by atoms with Gasteiger partial charge in [-0.2, -0.15) is 13.2 Å². The van der Waals surface area contributed by atoms with Crippen LogP contribution in [0.2, 0.25) is 0 Å². The zero-order valence-corrected chi connectivity index (χ0v) is 18.2. The van der Waals surface area contributed by atoms with Crippen molar-refractivity contribution < 1.29 is 21.6 Å². The van der Waals surface area contributed by atoms with E-state index in [0.29, 0.717) is 17.7 Å². The maximum atomic E-state index is 13.0. The number of nitrogens with one attached hydrogen (secondary N) is 1. The molecule has 9 heteroatoms. The van der Waals surface area contributed by atoms with Crippen molar-refractivity contribution in [2.75, 3.05) is 24.4 Å². The van der Waals surface area contributed by atoms with Gasteiger partial charge < -0.3 is 4.90 Å². The third-order valence-corrected chi connectivity index (χ3v) is 6.77. The van der Waals surface area contributed by atoms with Gasteiger partial charge in [-0.15, -0.1) is 0 Å². The molecule has 0 aromatic heterocycles. The van der Waals surface area contributed by atoms with Crippen molar-refractivity contribution in [3.8, 4) is 0 Å². The van der Waals surface area contributed by atoms with E-state index in [0.717, 1.165) is 50.2 Å². The molecule has 1 fully saturated rings. The summed E-state index contributed by atoms with van der Waals surface area (Å²) in [6, 6.07) is 9.67. The summed E-state index contributed by atoms with van der Waals surface area (Å²) in [6.07, 6.45) is -2.47. The number of alkyl halides is 3. The normalized spacial score (nSPS) is 18.2. The lowest BCUT2D eigenvalue weighted by molar-refractivity contribution is -0.137. The summed E-state index contributed by atoms with van der Waals surface area (Å²) >= 11 is 2.95. The molecule has 0 bridgehead atoms. The van der Waals surface area contributed by atoms with Crippen molar-refractivity contribution >= 4 is 31.6 Å². The van der Waals surface area contributed by atoms with Gasteiger partial charge in [0.2, 0.25) is 0 Å². The van der Waals surface area contributed by atoms with Gasteiger partial charge >= 0.3 is 6.18 Å². The molecule has 1 aliphatic heterocycles. The minimum Gasteiger partial charge on any atom is -0.303 e. The molecule has 0 aliphatic carbocycles. The molecule has 0 saturated carbocycles. The van der Waals surface area contributed by atoms with Crippen molar-refractivity contribution in [2.24, 2.45) is 0 Å². The van der Waals surface area contributed by atoms with Gasteiger partial charge in [-0.3, -0.25) is 4.72 Å². The lowest BCUT2D eigenvalue weighted by atomic mass is 9.98. The van der Waals surface area contributed by atoms with Crippen LogP contribution in [0.3, 0.4) is 0 Å². The largest absolute Gasteiger partial charge is 0.416 e. The summed E-state index contributed by atoms with van der Waals surface area (Å²) in [7, 11) is -4.15. The van der Waals surface area contributed by atoms with Crippen LogP contribution in [0, 0.1) is 0 Å². The molecule has 2 aromatic rings. The molecule has 29 heavy (non-hydrogen) atoms. The molecule has 0 unspecified atom stereocenters. The SMILES string of the molecule is CCCN1CC[C@@H](c2ccc(NS(=O)(=O)c3cc(Br)cc(C(F)(F)F)c3)cc2)C1. The molecule has 0 radical (unpaired) electrons. The summed E-state index contributed by atoms with van der Waals surface area (Å²) in [5, 5.41) is 0. The number of likely N-dealkylation sites (tertiary alicyclic amines) is 1. The quantitative estimate of drug-likeness (QED) is 0.584. The van der Waals surface area contributed by atoms with Crippen LogP contribution in [0.25, 0.3) is 0 Å². The number of rotatable bonds is 6. The van der Waals surface area contributed by atoms with Crippen LogP contribution in [-0.4, -0.2) is 33.0 Å². The minimum absolute atomic E-state index is 0.0425. The van der Waals surface area contributed by atoms with E-state index < -0.39 is 26.7 Å². The van der Waals surface area contributed by atoms with Crippen LogP contribution in [-0.2, 0) is 16.2 Å². The Bertz CT molecular complexity index is 963. The van der Waals surface area contributed by atoms with Crippen LogP contribution in [0.5, 0.6) is 0 Å². The van der Waals surface area contributed by atoms with E-state index in [1.165, 1.54) is 0 Å². The fraction of sp³-hybridized carbons (Fsp3) is 0.400. The van der Waals surface area contributed by atoms with Gasteiger partial charge in [0.1, 0.15) is 0 Å². The molecule has 1 heterocycles. The van der Waals surface area contributed by atoms with Crippen molar-refractivity contribution in [3.63, 3.8) is 0 Å². The summed E-state index contributed by atoms with van der Waals surface area (Å²) in [6.45, 7) is 5.26. The van der Waals surface area contributed by atoms with Gasteiger partial charge in [0, 0.05) is 16.7 Å². The second-order valence-electron chi connectivity index (χ2n) is 7.19. The zero-order valence-electron chi connectivity index (χ0n) is 15.8. The second-order valence-corrected chi connectivity index (χ2v) is 9.79. The number of hydrogen-bond donors (Lipinski definition) is 1. The molecule has 0 amide bonds. The number of anilines is 1. The van der Waals surface area contributed by atoms with Crippen LogP contribution < -0.4 is 4.72 Å². The third kappa shape index (κ3) is 5.52. The van der Waals surface area contributed by atoms with Gasteiger partial charge in [0.25, 0.3) is 10.0 Å². The van der Waals surface area contributed by atoms with Crippen molar-refractivity contribution in [3.05, 3.63) is 58.1 Å². The Labute approximate surface area is 177 Å². The molecule has 1 N–H and O–H groups in total. The van der Waals surface area contributed by atoms with Gasteiger partial charge in [0.15, 0.2) is 0 Å². The lowest BCUT2D eigenvalue weighted by Gasteiger charge is -2.15. The van der Waals surface area contributed by atoms with Crippen molar-refractivity contribution in [2.45, 2.75) is 36.8 Å². The topological polar surface area (TPSA) is 49.4 Å². The fourth-order valence-corrected chi connectivity index (χ4v) is 5.32.